The molecular formula is C27H37ClFN3O2. The van der Waals surface area contributed by atoms with Crippen molar-refractivity contribution >= 4 is 17.3 Å². The number of oxime groups is 1. The molecule has 1 fully saturated rings. The largest absolute Gasteiger partial charge is 0.394 e. The third-order valence-corrected chi connectivity index (χ3v) is 6.95. The molecule has 0 saturated carbocycles. The van der Waals surface area contributed by atoms with Crippen molar-refractivity contribution in [3.05, 3.63) is 70.5 Å². The molecule has 0 bridgehead atoms. The maximum Gasteiger partial charge on any atom is 0.129 e. The van der Waals surface area contributed by atoms with Gasteiger partial charge in [0, 0.05) is 24.7 Å². The zero-order valence-corrected chi connectivity index (χ0v) is 21.1. The third-order valence-electron chi connectivity index (χ3n) is 6.70. The molecule has 1 N–H and O–H groups in total. The minimum absolute atomic E-state index is 0.257. The summed E-state index contributed by atoms with van der Waals surface area (Å²) in [6.07, 6.45) is 3.05. The molecule has 0 aliphatic carbocycles. The fraction of sp³-hybridized carbons (Fsp3) is 0.519. The highest BCUT2D eigenvalue weighted by Crippen LogP contribution is 2.33. The van der Waals surface area contributed by atoms with Crippen LogP contribution in [0.2, 0.25) is 5.02 Å². The monoisotopic (exact) mass is 489 g/mol. The van der Waals surface area contributed by atoms with E-state index in [2.05, 4.69) is 28.8 Å². The van der Waals surface area contributed by atoms with E-state index in [0.29, 0.717) is 24.5 Å². The molecule has 34 heavy (non-hydrogen) atoms. The van der Waals surface area contributed by atoms with E-state index < -0.39 is 5.60 Å². The fourth-order valence-electron chi connectivity index (χ4n) is 4.38. The second kappa shape index (κ2) is 13.2. The molecule has 186 valence electrons. The van der Waals surface area contributed by atoms with Crippen LogP contribution in [-0.2, 0) is 10.4 Å². The minimum atomic E-state index is -0.791. The number of hydrogen-bond acceptors (Lipinski definition) is 5. The number of likely N-dealkylation sites (N-methyl/N-ethyl adjacent to an activating group) is 1. The summed E-state index contributed by atoms with van der Waals surface area (Å²) < 4.78 is 13.4. The molecule has 7 heteroatoms. The van der Waals surface area contributed by atoms with Crippen molar-refractivity contribution in [1.82, 2.24) is 9.80 Å². The number of hydrogen-bond donors (Lipinski definition) is 1. The van der Waals surface area contributed by atoms with Gasteiger partial charge in [0.15, 0.2) is 0 Å². The lowest BCUT2D eigenvalue weighted by Crippen LogP contribution is -2.42. The van der Waals surface area contributed by atoms with E-state index in [9.17, 15) is 9.50 Å². The molecule has 0 spiro atoms. The highest BCUT2D eigenvalue weighted by molar-refractivity contribution is 6.30. The number of aliphatic hydroxyl groups is 1. The van der Waals surface area contributed by atoms with Crippen LogP contribution in [0.3, 0.4) is 0 Å². The number of halogens is 2. The molecular weight excluding hydrogens is 453 g/mol. The van der Waals surface area contributed by atoms with Crippen LogP contribution in [0, 0.1) is 5.82 Å². The van der Waals surface area contributed by atoms with Crippen molar-refractivity contribution in [2.75, 3.05) is 45.9 Å². The van der Waals surface area contributed by atoms with Crippen LogP contribution >= 0.6 is 11.6 Å². The van der Waals surface area contributed by atoms with Gasteiger partial charge >= 0.3 is 0 Å². The summed E-state index contributed by atoms with van der Waals surface area (Å²) in [4.78, 5) is 10.3. The molecule has 3 rings (SSSR count). The van der Waals surface area contributed by atoms with Gasteiger partial charge in [-0.1, -0.05) is 54.9 Å². The Bertz CT molecular complexity index is 893. The van der Waals surface area contributed by atoms with Crippen molar-refractivity contribution < 1.29 is 14.3 Å². The van der Waals surface area contributed by atoms with E-state index in [1.165, 1.54) is 12.1 Å². The lowest BCUT2D eigenvalue weighted by atomic mass is 9.84. The SMILES string of the molecule is CCN(CC)CCO/N=C(\CCCN1CCC(O)(c2ccc(Cl)cc2)CC1)c1ccc(F)cc1. The Balaban J connectivity index is 1.51. The van der Waals surface area contributed by atoms with Gasteiger partial charge in [-0.05, 0) is 80.7 Å². The van der Waals surface area contributed by atoms with Crippen LogP contribution in [0.25, 0.3) is 0 Å². The molecule has 1 heterocycles. The van der Waals surface area contributed by atoms with Crippen LogP contribution in [0.5, 0.6) is 0 Å². The molecule has 2 aromatic rings. The summed E-state index contributed by atoms with van der Waals surface area (Å²) >= 11 is 5.99. The number of likely N-dealkylation sites (tertiary alicyclic amines) is 1. The van der Waals surface area contributed by atoms with Crippen LogP contribution in [0.1, 0.15) is 50.7 Å². The maximum absolute atomic E-state index is 13.4. The number of nitrogens with zero attached hydrogens (tertiary/aromatic N) is 3. The number of piperidine rings is 1. The van der Waals surface area contributed by atoms with Crippen molar-refractivity contribution in [1.29, 1.82) is 0 Å². The van der Waals surface area contributed by atoms with Crippen molar-refractivity contribution in [3.63, 3.8) is 0 Å². The minimum Gasteiger partial charge on any atom is -0.394 e. The van der Waals surface area contributed by atoms with Crippen LogP contribution in [-0.4, -0.2) is 66.5 Å². The second-order valence-electron chi connectivity index (χ2n) is 8.89. The average molecular weight is 490 g/mol. The van der Waals surface area contributed by atoms with E-state index in [1.807, 2.05) is 24.3 Å². The van der Waals surface area contributed by atoms with E-state index in [-0.39, 0.29) is 5.82 Å². The van der Waals surface area contributed by atoms with E-state index in [1.54, 1.807) is 12.1 Å². The average Bonchev–Trinajstić information content (AvgIpc) is 2.85. The fourth-order valence-corrected chi connectivity index (χ4v) is 4.51. The molecule has 0 unspecified atom stereocenters. The van der Waals surface area contributed by atoms with E-state index in [0.717, 1.165) is 68.9 Å². The van der Waals surface area contributed by atoms with Crippen LogP contribution in [0.4, 0.5) is 4.39 Å². The van der Waals surface area contributed by atoms with Gasteiger partial charge in [-0.25, -0.2) is 4.39 Å². The first-order valence-corrected chi connectivity index (χ1v) is 12.7. The van der Waals surface area contributed by atoms with Crippen molar-refractivity contribution in [2.24, 2.45) is 5.16 Å². The van der Waals surface area contributed by atoms with Gasteiger partial charge in [0.25, 0.3) is 0 Å². The van der Waals surface area contributed by atoms with Gasteiger partial charge in [0.05, 0.1) is 11.3 Å². The third kappa shape index (κ3) is 7.77. The van der Waals surface area contributed by atoms with Crippen molar-refractivity contribution in [2.45, 2.75) is 45.1 Å². The maximum atomic E-state index is 13.4. The summed E-state index contributed by atoms with van der Waals surface area (Å²) in [7, 11) is 0. The summed E-state index contributed by atoms with van der Waals surface area (Å²) in [6.45, 7) is 10.2. The summed E-state index contributed by atoms with van der Waals surface area (Å²) in [5.74, 6) is -0.257. The molecule has 2 aromatic carbocycles. The first-order valence-electron chi connectivity index (χ1n) is 12.3. The van der Waals surface area contributed by atoms with Crippen LogP contribution in [0.15, 0.2) is 53.7 Å². The quantitative estimate of drug-likeness (QED) is 0.249. The second-order valence-corrected chi connectivity index (χ2v) is 9.33. The summed E-state index contributed by atoms with van der Waals surface area (Å²) in [6, 6.07) is 14.0. The Morgan fingerprint density at radius 3 is 2.35 bits per heavy atom. The van der Waals surface area contributed by atoms with Gasteiger partial charge in [0.1, 0.15) is 12.4 Å². The predicted molar refractivity (Wildman–Crippen MR) is 137 cm³/mol. The smallest absolute Gasteiger partial charge is 0.129 e. The first kappa shape index (κ1) is 26.6. The van der Waals surface area contributed by atoms with Gasteiger partial charge in [0.2, 0.25) is 0 Å². The summed E-state index contributed by atoms with van der Waals surface area (Å²) in [5.41, 5.74) is 1.87. The Labute approximate surface area is 208 Å². The Hall–Kier alpha value is -1.99. The number of benzene rings is 2. The topological polar surface area (TPSA) is 48.3 Å². The molecule has 1 saturated heterocycles. The molecule has 0 atom stereocenters. The Morgan fingerprint density at radius 2 is 1.74 bits per heavy atom. The first-order chi connectivity index (χ1) is 16.4. The van der Waals surface area contributed by atoms with Crippen LogP contribution < -0.4 is 0 Å². The molecule has 5 nitrogen and oxygen atoms in total. The zero-order valence-electron chi connectivity index (χ0n) is 20.4. The van der Waals surface area contributed by atoms with E-state index in [4.69, 9.17) is 16.4 Å². The molecule has 1 aliphatic heterocycles. The standard InChI is InChI=1S/C27H37ClFN3O2/c1-3-31(4-2)20-21-34-30-26(22-7-13-25(29)14-8-22)6-5-17-32-18-15-27(33,16-19-32)23-9-11-24(28)12-10-23/h7-14,33H,3-6,15-21H2,1-2H3/b30-26+. The number of rotatable bonds is 12. The lowest BCUT2D eigenvalue weighted by Gasteiger charge is -2.38. The summed E-state index contributed by atoms with van der Waals surface area (Å²) in [5, 5.41) is 16.2. The van der Waals surface area contributed by atoms with Gasteiger partial charge in [-0.3, -0.25) is 0 Å². The van der Waals surface area contributed by atoms with Gasteiger partial charge < -0.3 is 19.7 Å². The molecule has 0 aromatic heterocycles. The normalized spacial score (nSPS) is 16.7. The Kier molecular flexibility index (Phi) is 10.3. The molecule has 1 aliphatic rings. The van der Waals surface area contributed by atoms with Gasteiger partial charge in [-0.15, -0.1) is 0 Å². The lowest BCUT2D eigenvalue weighted by molar-refractivity contribution is -0.0259. The molecule has 0 amide bonds. The predicted octanol–water partition coefficient (Wildman–Crippen LogP) is 5.31. The Morgan fingerprint density at radius 1 is 1.09 bits per heavy atom. The highest BCUT2D eigenvalue weighted by atomic mass is 35.5. The van der Waals surface area contributed by atoms with Crippen molar-refractivity contribution in [3.8, 4) is 0 Å². The highest BCUT2D eigenvalue weighted by Gasteiger charge is 2.33. The zero-order chi connectivity index (χ0) is 24.4. The van der Waals surface area contributed by atoms with Gasteiger partial charge in [-0.2, -0.15) is 0 Å². The molecule has 0 radical (unpaired) electrons. The van der Waals surface area contributed by atoms with E-state index >= 15 is 0 Å².